The molecule has 6 nitrogen and oxygen atoms in total. The van der Waals surface area contributed by atoms with E-state index in [0.29, 0.717) is 23.1 Å². The molecule has 0 atom stereocenters. The van der Waals surface area contributed by atoms with Gasteiger partial charge in [0, 0.05) is 17.7 Å². The highest BCUT2D eigenvalue weighted by Gasteiger charge is 2.52. The third-order valence-corrected chi connectivity index (χ3v) is 5.78. The molecule has 0 spiro atoms. The van der Waals surface area contributed by atoms with Crippen molar-refractivity contribution in [2.45, 2.75) is 46.3 Å². The van der Waals surface area contributed by atoms with E-state index in [9.17, 15) is 27.5 Å². The largest absolute Gasteiger partial charge is 0.479 e. The smallest absolute Gasteiger partial charge is 0.402 e. The van der Waals surface area contributed by atoms with Gasteiger partial charge in [0.1, 0.15) is 11.2 Å². The lowest BCUT2D eigenvalue weighted by Crippen LogP contribution is -2.46. The van der Waals surface area contributed by atoms with Gasteiger partial charge >= 0.3 is 12.2 Å². The molecule has 3 aromatic rings. The number of nitrogens with zero attached hydrogens (tertiary/aromatic N) is 3. The van der Waals surface area contributed by atoms with Crippen molar-refractivity contribution in [3.05, 3.63) is 58.4 Å². The van der Waals surface area contributed by atoms with Gasteiger partial charge in [-0.15, -0.1) is 0 Å². The van der Waals surface area contributed by atoms with Gasteiger partial charge in [0.25, 0.3) is 0 Å². The van der Waals surface area contributed by atoms with E-state index < -0.39 is 23.5 Å². The summed E-state index contributed by atoms with van der Waals surface area (Å²) in [5, 5.41) is 12.6. The van der Waals surface area contributed by atoms with E-state index in [-0.39, 0.29) is 34.6 Å². The van der Waals surface area contributed by atoms with Gasteiger partial charge in [-0.3, -0.25) is 4.79 Å². The van der Waals surface area contributed by atoms with Crippen LogP contribution < -0.4 is 5.32 Å². The highest BCUT2D eigenvalue weighted by Crippen LogP contribution is 2.37. The lowest BCUT2D eigenvalue weighted by atomic mass is 9.91. The van der Waals surface area contributed by atoms with Crippen LogP contribution in [0.5, 0.6) is 6.01 Å². The van der Waals surface area contributed by atoms with Crippen molar-refractivity contribution in [3.63, 3.8) is 0 Å². The van der Waals surface area contributed by atoms with Crippen LogP contribution in [0.1, 0.15) is 38.3 Å². The number of carbonyl (C=O) groups is 1. The van der Waals surface area contributed by atoms with Gasteiger partial charge in [-0.1, -0.05) is 31.0 Å². The summed E-state index contributed by atoms with van der Waals surface area (Å²) >= 11 is 6.30. The normalized spacial score (nSPS) is 12.0. The minimum absolute atomic E-state index is 0.00247. The Morgan fingerprint density at radius 2 is 1.74 bits per heavy atom. The molecule has 186 valence electrons. The molecule has 0 aliphatic carbocycles. The molecule has 2 aromatic carbocycles. The zero-order valence-corrected chi connectivity index (χ0v) is 19.9. The molecule has 0 saturated carbocycles. The fraction of sp³-hybridized carbons (Fsp3) is 0.333. The monoisotopic (exact) mass is 510 g/mol. The molecule has 0 aliphatic heterocycles. The van der Waals surface area contributed by atoms with E-state index in [1.165, 1.54) is 30.3 Å². The van der Waals surface area contributed by atoms with E-state index >= 15 is 0 Å². The van der Waals surface area contributed by atoms with E-state index in [4.69, 9.17) is 11.6 Å². The van der Waals surface area contributed by atoms with Crippen molar-refractivity contribution in [3.8, 4) is 28.8 Å². The fourth-order valence-corrected chi connectivity index (χ4v) is 3.38. The number of carbonyl (C=O) groups excluding carboxylic acids is 1. The number of hydrogen-bond donors (Lipinski definition) is 2. The van der Waals surface area contributed by atoms with Gasteiger partial charge in [-0.05, 0) is 61.7 Å². The maximum absolute atomic E-state index is 14.0. The van der Waals surface area contributed by atoms with Gasteiger partial charge in [-0.2, -0.15) is 23.1 Å². The third kappa shape index (κ3) is 5.87. The fourth-order valence-electron chi connectivity index (χ4n) is 3.17. The number of amides is 1. The minimum Gasteiger partial charge on any atom is -0.479 e. The second kappa shape index (κ2) is 10.2. The zero-order valence-electron chi connectivity index (χ0n) is 19.2. The van der Waals surface area contributed by atoms with Crippen LogP contribution in [-0.4, -0.2) is 32.1 Å². The van der Waals surface area contributed by atoms with Crippen LogP contribution in [0.2, 0.25) is 5.02 Å². The molecule has 0 bridgehead atoms. The number of benzene rings is 2. The molecule has 3 rings (SSSR count). The summed E-state index contributed by atoms with van der Waals surface area (Å²) in [5.74, 6) is -1.45. The standard InChI is InChI=1S/C24H23ClF4N4O2/c1-4-5-14-11-15(7-9-18(14)26)19-31-20(33-22(35)32-19)16-10-13(6-8-17(16)25)12-30-21(34)23(2,3)24(27,28)29/h6-11H,4-5,12H2,1-3H3,(H,30,34)(H,31,32,33,35). The Morgan fingerprint density at radius 3 is 2.40 bits per heavy atom. The quantitative estimate of drug-likeness (QED) is 0.389. The topological polar surface area (TPSA) is 88.0 Å². The SMILES string of the molecule is CCCc1cc(-c2nc(O)nc(-c3cc(CNC(=O)C(C)(C)C(F)(F)F)ccc3Cl)n2)ccc1F. The summed E-state index contributed by atoms with van der Waals surface area (Å²) in [6, 6.07) is 8.27. The van der Waals surface area contributed by atoms with Crippen molar-refractivity contribution in [2.75, 3.05) is 0 Å². The average molecular weight is 511 g/mol. The Morgan fingerprint density at radius 1 is 1.06 bits per heavy atom. The predicted octanol–water partition coefficient (Wildman–Crippen LogP) is 5.86. The number of rotatable bonds is 7. The van der Waals surface area contributed by atoms with Crippen LogP contribution in [0.15, 0.2) is 36.4 Å². The van der Waals surface area contributed by atoms with Crippen LogP contribution in [0.3, 0.4) is 0 Å². The van der Waals surface area contributed by atoms with Crippen LogP contribution in [0.4, 0.5) is 17.6 Å². The van der Waals surface area contributed by atoms with Crippen molar-refractivity contribution in [1.29, 1.82) is 0 Å². The summed E-state index contributed by atoms with van der Waals surface area (Å²) in [4.78, 5) is 24.3. The Bertz CT molecular complexity index is 1250. The number of alkyl halides is 3. The molecule has 0 saturated heterocycles. The summed E-state index contributed by atoms with van der Waals surface area (Å²) in [6.07, 6.45) is -3.47. The van der Waals surface area contributed by atoms with Crippen LogP contribution in [0.25, 0.3) is 22.8 Å². The first-order valence-corrected chi connectivity index (χ1v) is 11.1. The third-order valence-electron chi connectivity index (χ3n) is 5.45. The first-order valence-electron chi connectivity index (χ1n) is 10.7. The Hall–Kier alpha value is -3.27. The summed E-state index contributed by atoms with van der Waals surface area (Å²) in [6.45, 7) is 3.31. The number of aromatic hydroxyl groups is 1. The molecule has 1 heterocycles. The Balaban J connectivity index is 1.92. The number of halogens is 5. The molecular formula is C24H23ClF4N4O2. The van der Waals surface area contributed by atoms with Gasteiger partial charge in [-0.25, -0.2) is 9.37 Å². The van der Waals surface area contributed by atoms with Gasteiger partial charge in [0.05, 0.1) is 5.02 Å². The molecule has 0 unspecified atom stereocenters. The second-order valence-corrected chi connectivity index (χ2v) is 8.87. The molecule has 0 fully saturated rings. The maximum Gasteiger partial charge on any atom is 0.402 e. The van der Waals surface area contributed by atoms with Crippen molar-refractivity contribution in [1.82, 2.24) is 20.3 Å². The highest BCUT2D eigenvalue weighted by atomic mass is 35.5. The minimum atomic E-state index is -4.71. The number of aromatic nitrogens is 3. The predicted molar refractivity (Wildman–Crippen MR) is 123 cm³/mol. The molecule has 2 N–H and O–H groups in total. The molecular weight excluding hydrogens is 488 g/mol. The summed E-state index contributed by atoms with van der Waals surface area (Å²) in [7, 11) is 0. The Labute approximate surface area is 204 Å². The maximum atomic E-state index is 14.0. The molecule has 1 amide bonds. The number of hydrogen-bond acceptors (Lipinski definition) is 5. The molecule has 0 radical (unpaired) electrons. The summed E-state index contributed by atoms with van der Waals surface area (Å²) in [5.41, 5.74) is -0.928. The van der Waals surface area contributed by atoms with Crippen LogP contribution in [-0.2, 0) is 17.8 Å². The van der Waals surface area contributed by atoms with E-state index in [2.05, 4.69) is 20.3 Å². The van der Waals surface area contributed by atoms with Crippen LogP contribution >= 0.6 is 11.6 Å². The molecule has 0 aliphatic rings. The second-order valence-electron chi connectivity index (χ2n) is 8.46. The lowest BCUT2D eigenvalue weighted by Gasteiger charge is -2.26. The van der Waals surface area contributed by atoms with Gasteiger partial charge in [0.2, 0.25) is 5.91 Å². The van der Waals surface area contributed by atoms with Gasteiger partial charge < -0.3 is 10.4 Å². The van der Waals surface area contributed by atoms with E-state index in [0.717, 1.165) is 20.3 Å². The van der Waals surface area contributed by atoms with Crippen molar-refractivity contribution < 1.29 is 27.5 Å². The molecule has 11 heteroatoms. The highest BCUT2D eigenvalue weighted by molar-refractivity contribution is 6.33. The lowest BCUT2D eigenvalue weighted by molar-refractivity contribution is -0.211. The number of nitrogens with one attached hydrogen (secondary N) is 1. The molecule has 1 aromatic heterocycles. The zero-order chi connectivity index (χ0) is 26.0. The first-order chi connectivity index (χ1) is 16.3. The molecule has 35 heavy (non-hydrogen) atoms. The van der Waals surface area contributed by atoms with E-state index in [1.807, 2.05) is 6.92 Å². The number of aryl methyl sites for hydroxylation is 1. The average Bonchev–Trinajstić information content (AvgIpc) is 2.78. The van der Waals surface area contributed by atoms with Gasteiger partial charge in [0.15, 0.2) is 11.6 Å². The Kier molecular flexibility index (Phi) is 7.64. The summed E-state index contributed by atoms with van der Waals surface area (Å²) < 4.78 is 53.4. The first kappa shape index (κ1) is 26.3. The van der Waals surface area contributed by atoms with Crippen molar-refractivity contribution in [2.24, 2.45) is 5.41 Å². The van der Waals surface area contributed by atoms with Crippen molar-refractivity contribution >= 4 is 17.5 Å². The van der Waals surface area contributed by atoms with Crippen LogP contribution in [0, 0.1) is 11.2 Å². The van der Waals surface area contributed by atoms with E-state index in [1.54, 1.807) is 6.07 Å².